The van der Waals surface area contributed by atoms with Crippen LogP contribution >= 0.6 is 0 Å². The summed E-state index contributed by atoms with van der Waals surface area (Å²) in [7, 11) is 0. The molecule has 0 atom stereocenters. The number of nitro benzene ring substituents is 1. The Hall–Kier alpha value is -2.89. The van der Waals surface area contributed by atoms with Crippen molar-refractivity contribution in [1.29, 1.82) is 0 Å². The summed E-state index contributed by atoms with van der Waals surface area (Å²) >= 11 is 0. The molecule has 0 heterocycles. The fourth-order valence-electron chi connectivity index (χ4n) is 1.76. The maximum absolute atomic E-state index is 11.8. The average Bonchev–Trinajstić information content (AvgIpc) is 2.55. The van der Waals surface area contributed by atoms with E-state index in [1.54, 1.807) is 0 Å². The van der Waals surface area contributed by atoms with Crippen molar-refractivity contribution in [2.75, 3.05) is 13.2 Å². The SMILES string of the molecule is O=C(OCCCOc1ccccc1)c1cccc([N+](=O)[O-])c1. The predicted octanol–water partition coefficient (Wildman–Crippen LogP) is 3.22. The quantitative estimate of drug-likeness (QED) is 0.339. The molecule has 0 N–H and O–H groups in total. The van der Waals surface area contributed by atoms with E-state index in [-0.39, 0.29) is 17.9 Å². The van der Waals surface area contributed by atoms with Gasteiger partial charge in [0.15, 0.2) is 0 Å². The van der Waals surface area contributed by atoms with E-state index in [1.165, 1.54) is 24.3 Å². The highest BCUT2D eigenvalue weighted by atomic mass is 16.6. The number of esters is 1. The molecule has 0 saturated heterocycles. The van der Waals surface area contributed by atoms with Crippen LogP contribution in [0.15, 0.2) is 54.6 Å². The predicted molar refractivity (Wildman–Crippen MR) is 79.9 cm³/mol. The molecular weight excluding hydrogens is 286 g/mol. The fourth-order valence-corrected chi connectivity index (χ4v) is 1.76. The van der Waals surface area contributed by atoms with Crippen LogP contribution in [0.2, 0.25) is 0 Å². The van der Waals surface area contributed by atoms with Crippen molar-refractivity contribution in [2.24, 2.45) is 0 Å². The first kappa shape index (κ1) is 15.5. The van der Waals surface area contributed by atoms with Gasteiger partial charge in [-0.3, -0.25) is 10.1 Å². The van der Waals surface area contributed by atoms with Gasteiger partial charge in [0.05, 0.1) is 23.7 Å². The Labute approximate surface area is 127 Å². The van der Waals surface area contributed by atoms with E-state index in [1.807, 2.05) is 30.3 Å². The second kappa shape index (κ2) is 7.78. The zero-order chi connectivity index (χ0) is 15.8. The normalized spacial score (nSPS) is 10.0. The third kappa shape index (κ3) is 4.59. The van der Waals surface area contributed by atoms with E-state index in [4.69, 9.17) is 9.47 Å². The van der Waals surface area contributed by atoms with Gasteiger partial charge in [0.2, 0.25) is 0 Å². The monoisotopic (exact) mass is 301 g/mol. The highest BCUT2D eigenvalue weighted by molar-refractivity contribution is 5.90. The standard InChI is InChI=1S/C16H15NO5/c18-16(13-6-4-7-14(12-13)17(19)20)22-11-5-10-21-15-8-2-1-3-9-15/h1-4,6-9,12H,5,10-11H2. The Morgan fingerprint density at radius 2 is 1.82 bits per heavy atom. The first-order valence-electron chi connectivity index (χ1n) is 6.76. The zero-order valence-electron chi connectivity index (χ0n) is 11.8. The van der Waals surface area contributed by atoms with Crippen LogP contribution in [0, 0.1) is 10.1 Å². The van der Waals surface area contributed by atoms with Gasteiger partial charge in [0, 0.05) is 18.6 Å². The Balaban J connectivity index is 1.74. The molecule has 2 aromatic carbocycles. The molecule has 114 valence electrons. The highest BCUT2D eigenvalue weighted by Gasteiger charge is 2.12. The van der Waals surface area contributed by atoms with Crippen LogP contribution in [0.25, 0.3) is 0 Å². The van der Waals surface area contributed by atoms with Crippen molar-refractivity contribution in [2.45, 2.75) is 6.42 Å². The summed E-state index contributed by atoms with van der Waals surface area (Å²) in [6.45, 7) is 0.612. The summed E-state index contributed by atoms with van der Waals surface area (Å²) in [5.74, 6) is 0.177. The number of benzene rings is 2. The fraction of sp³-hybridized carbons (Fsp3) is 0.188. The Bertz CT molecular complexity index is 642. The van der Waals surface area contributed by atoms with Crippen molar-refractivity contribution in [3.63, 3.8) is 0 Å². The first-order valence-corrected chi connectivity index (χ1v) is 6.76. The summed E-state index contributed by atoms with van der Waals surface area (Å²) in [6, 6.07) is 14.8. The third-order valence-corrected chi connectivity index (χ3v) is 2.83. The number of nitro groups is 1. The summed E-state index contributed by atoms with van der Waals surface area (Å²) in [5, 5.41) is 10.6. The molecule has 0 amide bonds. The molecule has 0 bridgehead atoms. The Morgan fingerprint density at radius 3 is 2.55 bits per heavy atom. The Morgan fingerprint density at radius 1 is 1.05 bits per heavy atom. The van der Waals surface area contributed by atoms with Crippen molar-refractivity contribution in [1.82, 2.24) is 0 Å². The van der Waals surface area contributed by atoms with E-state index >= 15 is 0 Å². The van der Waals surface area contributed by atoms with Crippen molar-refractivity contribution >= 4 is 11.7 Å². The van der Waals surface area contributed by atoms with Gasteiger partial charge in [-0.25, -0.2) is 4.79 Å². The molecule has 0 aliphatic rings. The number of ether oxygens (including phenoxy) is 2. The highest BCUT2D eigenvalue weighted by Crippen LogP contribution is 2.14. The second-order valence-electron chi connectivity index (χ2n) is 4.46. The Kier molecular flexibility index (Phi) is 5.48. The minimum Gasteiger partial charge on any atom is -0.493 e. The first-order chi connectivity index (χ1) is 10.7. The van der Waals surface area contributed by atoms with E-state index in [9.17, 15) is 14.9 Å². The van der Waals surface area contributed by atoms with Crippen LogP contribution in [0.5, 0.6) is 5.75 Å². The largest absolute Gasteiger partial charge is 0.493 e. The van der Waals surface area contributed by atoms with Crippen LogP contribution in [-0.2, 0) is 4.74 Å². The molecule has 0 fully saturated rings. The van der Waals surface area contributed by atoms with Gasteiger partial charge in [0.1, 0.15) is 5.75 Å². The lowest BCUT2D eigenvalue weighted by atomic mass is 10.2. The molecule has 0 aliphatic heterocycles. The van der Waals surface area contributed by atoms with Crippen LogP contribution in [-0.4, -0.2) is 24.1 Å². The van der Waals surface area contributed by atoms with Crippen LogP contribution < -0.4 is 4.74 Å². The van der Waals surface area contributed by atoms with Gasteiger partial charge >= 0.3 is 5.97 Å². The number of carbonyl (C=O) groups is 1. The molecule has 2 rings (SSSR count). The molecule has 0 spiro atoms. The topological polar surface area (TPSA) is 78.7 Å². The number of hydrogen-bond donors (Lipinski definition) is 0. The smallest absolute Gasteiger partial charge is 0.338 e. The van der Waals surface area contributed by atoms with E-state index < -0.39 is 10.9 Å². The molecule has 6 nitrogen and oxygen atoms in total. The van der Waals surface area contributed by atoms with Gasteiger partial charge in [-0.1, -0.05) is 24.3 Å². The lowest BCUT2D eigenvalue weighted by molar-refractivity contribution is -0.384. The molecule has 0 aromatic heterocycles. The minimum absolute atomic E-state index is 0.137. The number of non-ortho nitro benzene ring substituents is 1. The maximum atomic E-state index is 11.8. The summed E-state index contributed by atoms with van der Waals surface area (Å²) in [4.78, 5) is 21.9. The molecular formula is C16H15NO5. The number of para-hydroxylation sites is 1. The molecule has 0 saturated carbocycles. The molecule has 22 heavy (non-hydrogen) atoms. The van der Waals surface area contributed by atoms with Gasteiger partial charge in [-0.15, -0.1) is 0 Å². The van der Waals surface area contributed by atoms with Gasteiger partial charge in [-0.05, 0) is 18.2 Å². The molecule has 6 heteroatoms. The lowest BCUT2D eigenvalue weighted by Crippen LogP contribution is -2.09. The number of rotatable bonds is 7. The minimum atomic E-state index is -0.580. The summed E-state index contributed by atoms with van der Waals surface area (Å²) < 4.78 is 10.5. The summed E-state index contributed by atoms with van der Waals surface area (Å²) in [5.41, 5.74) is 0.0278. The maximum Gasteiger partial charge on any atom is 0.338 e. The van der Waals surface area contributed by atoms with E-state index in [2.05, 4.69) is 0 Å². The number of hydrogen-bond acceptors (Lipinski definition) is 5. The van der Waals surface area contributed by atoms with Crippen LogP contribution in [0.1, 0.15) is 16.8 Å². The zero-order valence-corrected chi connectivity index (χ0v) is 11.8. The molecule has 2 aromatic rings. The van der Waals surface area contributed by atoms with E-state index in [0.717, 1.165) is 5.75 Å². The lowest BCUT2D eigenvalue weighted by Gasteiger charge is -2.07. The molecule has 0 unspecified atom stereocenters. The molecule has 0 radical (unpaired) electrons. The van der Waals surface area contributed by atoms with Gasteiger partial charge < -0.3 is 9.47 Å². The number of nitrogens with zero attached hydrogens (tertiary/aromatic N) is 1. The van der Waals surface area contributed by atoms with Crippen LogP contribution in [0.3, 0.4) is 0 Å². The van der Waals surface area contributed by atoms with Crippen molar-refractivity contribution in [3.05, 3.63) is 70.3 Å². The van der Waals surface area contributed by atoms with Crippen LogP contribution in [0.4, 0.5) is 5.69 Å². The number of carbonyl (C=O) groups excluding carboxylic acids is 1. The summed E-state index contributed by atoms with van der Waals surface area (Å²) in [6.07, 6.45) is 0.537. The van der Waals surface area contributed by atoms with Gasteiger partial charge in [-0.2, -0.15) is 0 Å². The second-order valence-corrected chi connectivity index (χ2v) is 4.46. The van der Waals surface area contributed by atoms with Crippen molar-refractivity contribution < 1.29 is 19.2 Å². The molecule has 0 aliphatic carbocycles. The third-order valence-electron chi connectivity index (χ3n) is 2.83. The average molecular weight is 301 g/mol. The van der Waals surface area contributed by atoms with E-state index in [0.29, 0.717) is 13.0 Å². The van der Waals surface area contributed by atoms with Crippen molar-refractivity contribution in [3.8, 4) is 5.75 Å². The van der Waals surface area contributed by atoms with Gasteiger partial charge in [0.25, 0.3) is 5.69 Å².